The second kappa shape index (κ2) is 7.31. The molecule has 2 aromatic carbocycles. The van der Waals surface area contributed by atoms with Gasteiger partial charge in [-0.1, -0.05) is 12.1 Å². The second-order valence-corrected chi connectivity index (χ2v) is 5.86. The van der Waals surface area contributed by atoms with E-state index in [-0.39, 0.29) is 5.56 Å². The average Bonchev–Trinajstić information content (AvgIpc) is 2.92. The molecule has 0 radical (unpaired) electrons. The van der Waals surface area contributed by atoms with Gasteiger partial charge in [0.25, 0.3) is 0 Å². The molecule has 0 atom stereocenters. The molecular formula is C20H17F2N3O. The van der Waals surface area contributed by atoms with Gasteiger partial charge in [-0.15, -0.1) is 0 Å². The van der Waals surface area contributed by atoms with E-state index >= 15 is 0 Å². The second-order valence-electron chi connectivity index (χ2n) is 5.86. The van der Waals surface area contributed by atoms with E-state index in [1.165, 1.54) is 12.2 Å². The predicted octanol–water partition coefficient (Wildman–Crippen LogP) is 4.33. The number of hydrogen-bond acceptors (Lipinski definition) is 2. The van der Waals surface area contributed by atoms with Crippen LogP contribution in [0.2, 0.25) is 0 Å². The number of carbonyl (C=O) groups is 1. The number of halogens is 2. The minimum atomic E-state index is -0.691. The van der Waals surface area contributed by atoms with Gasteiger partial charge in [0.05, 0.1) is 11.9 Å². The first kappa shape index (κ1) is 17.5. The molecule has 6 heteroatoms. The third-order valence-electron chi connectivity index (χ3n) is 3.96. The highest BCUT2D eigenvalue weighted by molar-refractivity contribution is 6.02. The lowest BCUT2D eigenvalue weighted by molar-refractivity contribution is -0.111. The zero-order valence-corrected chi connectivity index (χ0v) is 14.3. The summed E-state index contributed by atoms with van der Waals surface area (Å²) < 4.78 is 28.3. The fraction of sp³-hybridized carbons (Fsp3) is 0.100. The number of rotatable bonds is 4. The highest BCUT2D eigenvalue weighted by Gasteiger charge is 2.07. The molecule has 0 aliphatic heterocycles. The first-order chi connectivity index (χ1) is 12.4. The van der Waals surface area contributed by atoms with E-state index in [0.717, 1.165) is 35.3 Å². The van der Waals surface area contributed by atoms with Crippen LogP contribution in [0.4, 0.5) is 14.5 Å². The first-order valence-corrected chi connectivity index (χ1v) is 7.96. The predicted molar refractivity (Wildman–Crippen MR) is 97.4 cm³/mol. The largest absolute Gasteiger partial charge is 0.331 e. The van der Waals surface area contributed by atoms with Crippen molar-refractivity contribution in [2.75, 3.05) is 5.32 Å². The summed E-state index contributed by atoms with van der Waals surface area (Å²) in [6, 6.07) is 10.4. The topological polar surface area (TPSA) is 46.9 Å². The summed E-state index contributed by atoms with van der Waals surface area (Å²) in [4.78, 5) is 16.3. The summed E-state index contributed by atoms with van der Waals surface area (Å²) in [5.41, 5.74) is 2.74. The molecule has 1 heterocycles. The Morgan fingerprint density at radius 2 is 1.88 bits per heavy atom. The quantitative estimate of drug-likeness (QED) is 0.710. The summed E-state index contributed by atoms with van der Waals surface area (Å²) in [6.07, 6.45) is 4.36. The molecule has 0 saturated heterocycles. The van der Waals surface area contributed by atoms with Crippen molar-refractivity contribution < 1.29 is 13.6 Å². The standard InChI is InChI=1S/C20H17F2N3O/c1-13-23-12-19(25(13)2)15-4-3-5-18(10-15)24-20(26)7-6-14-8-16(21)11-17(22)9-14/h3-12H,1-2H3,(H,24,26)/b7-6+. The number of nitrogens with zero attached hydrogens (tertiary/aromatic N) is 2. The van der Waals surface area contributed by atoms with E-state index in [9.17, 15) is 13.6 Å². The molecule has 4 nitrogen and oxygen atoms in total. The molecule has 0 fully saturated rings. The Bertz CT molecular complexity index is 972. The number of aromatic nitrogens is 2. The van der Waals surface area contributed by atoms with Gasteiger partial charge < -0.3 is 9.88 Å². The minimum Gasteiger partial charge on any atom is -0.331 e. The first-order valence-electron chi connectivity index (χ1n) is 7.96. The van der Waals surface area contributed by atoms with E-state index in [4.69, 9.17) is 0 Å². The number of amides is 1. The third-order valence-corrected chi connectivity index (χ3v) is 3.96. The monoisotopic (exact) mass is 353 g/mol. The fourth-order valence-electron chi connectivity index (χ4n) is 2.55. The van der Waals surface area contributed by atoms with Crippen molar-refractivity contribution in [1.29, 1.82) is 0 Å². The highest BCUT2D eigenvalue weighted by atomic mass is 19.1. The normalized spacial score (nSPS) is 11.1. The Balaban J connectivity index is 1.74. The summed E-state index contributed by atoms with van der Waals surface area (Å²) >= 11 is 0. The Kier molecular flexibility index (Phi) is 4.93. The van der Waals surface area contributed by atoms with Gasteiger partial charge in [-0.3, -0.25) is 4.79 Å². The summed E-state index contributed by atoms with van der Waals surface area (Å²) in [7, 11) is 1.92. The maximum absolute atomic E-state index is 13.2. The van der Waals surface area contributed by atoms with E-state index in [0.29, 0.717) is 5.69 Å². The maximum atomic E-state index is 13.2. The van der Waals surface area contributed by atoms with Crippen LogP contribution in [0.3, 0.4) is 0 Å². The third kappa shape index (κ3) is 4.03. The lowest BCUT2D eigenvalue weighted by atomic mass is 10.1. The van der Waals surface area contributed by atoms with Gasteiger partial charge >= 0.3 is 0 Å². The van der Waals surface area contributed by atoms with Crippen molar-refractivity contribution in [3.8, 4) is 11.3 Å². The zero-order chi connectivity index (χ0) is 18.7. The van der Waals surface area contributed by atoms with Crippen LogP contribution in [0.5, 0.6) is 0 Å². The van der Waals surface area contributed by atoms with Crippen LogP contribution in [0.15, 0.2) is 54.7 Å². The molecule has 0 bridgehead atoms. The molecule has 1 N–H and O–H groups in total. The van der Waals surface area contributed by atoms with Gasteiger partial charge in [-0.2, -0.15) is 0 Å². The van der Waals surface area contributed by atoms with Crippen molar-refractivity contribution in [2.24, 2.45) is 7.05 Å². The molecule has 132 valence electrons. The van der Waals surface area contributed by atoms with Crippen LogP contribution < -0.4 is 5.32 Å². The molecular weight excluding hydrogens is 336 g/mol. The van der Waals surface area contributed by atoms with E-state index in [2.05, 4.69) is 10.3 Å². The fourth-order valence-corrected chi connectivity index (χ4v) is 2.55. The van der Waals surface area contributed by atoms with Crippen molar-refractivity contribution in [1.82, 2.24) is 9.55 Å². The van der Waals surface area contributed by atoms with Gasteiger partial charge in [0.2, 0.25) is 5.91 Å². The van der Waals surface area contributed by atoms with Crippen LogP contribution in [-0.4, -0.2) is 15.5 Å². The number of nitrogens with one attached hydrogen (secondary N) is 1. The Labute approximate surface area is 149 Å². The molecule has 0 spiro atoms. The summed E-state index contributed by atoms with van der Waals surface area (Å²) in [6.45, 7) is 1.91. The van der Waals surface area contributed by atoms with Crippen molar-refractivity contribution in [3.63, 3.8) is 0 Å². The van der Waals surface area contributed by atoms with Crippen LogP contribution in [-0.2, 0) is 11.8 Å². The van der Waals surface area contributed by atoms with Crippen LogP contribution in [0.25, 0.3) is 17.3 Å². The van der Waals surface area contributed by atoms with Crippen molar-refractivity contribution in [3.05, 3.63) is 77.8 Å². The van der Waals surface area contributed by atoms with Gasteiger partial charge in [-0.05, 0) is 42.8 Å². The molecule has 0 aliphatic carbocycles. The van der Waals surface area contributed by atoms with Crippen LogP contribution >= 0.6 is 0 Å². The number of anilines is 1. The minimum absolute atomic E-state index is 0.275. The van der Waals surface area contributed by atoms with Gasteiger partial charge in [0.15, 0.2) is 0 Å². The molecule has 3 rings (SSSR count). The smallest absolute Gasteiger partial charge is 0.248 e. The number of imidazole rings is 1. The van der Waals surface area contributed by atoms with Crippen LogP contribution in [0, 0.1) is 18.6 Å². The van der Waals surface area contributed by atoms with Crippen molar-refractivity contribution in [2.45, 2.75) is 6.92 Å². The molecule has 0 unspecified atom stereocenters. The Hall–Kier alpha value is -3.28. The highest BCUT2D eigenvalue weighted by Crippen LogP contribution is 2.23. The lowest BCUT2D eigenvalue weighted by Gasteiger charge is -2.07. The number of carbonyl (C=O) groups excluding carboxylic acids is 1. The zero-order valence-electron chi connectivity index (χ0n) is 14.3. The van der Waals surface area contributed by atoms with Crippen molar-refractivity contribution >= 4 is 17.7 Å². The van der Waals surface area contributed by atoms with E-state index in [1.54, 1.807) is 12.3 Å². The molecule has 1 amide bonds. The maximum Gasteiger partial charge on any atom is 0.248 e. The summed E-state index contributed by atoms with van der Waals surface area (Å²) in [5.74, 6) is -0.888. The molecule has 0 saturated carbocycles. The molecule has 0 aliphatic rings. The van der Waals surface area contributed by atoms with Gasteiger partial charge in [0, 0.05) is 30.4 Å². The number of aryl methyl sites for hydroxylation is 1. The lowest BCUT2D eigenvalue weighted by Crippen LogP contribution is -2.07. The molecule has 3 aromatic rings. The number of hydrogen-bond donors (Lipinski definition) is 1. The summed E-state index contributed by atoms with van der Waals surface area (Å²) in [5, 5.41) is 2.73. The Morgan fingerprint density at radius 3 is 2.54 bits per heavy atom. The number of benzene rings is 2. The molecule has 1 aromatic heterocycles. The van der Waals surface area contributed by atoms with Gasteiger partial charge in [-0.25, -0.2) is 13.8 Å². The van der Waals surface area contributed by atoms with Crippen LogP contribution in [0.1, 0.15) is 11.4 Å². The molecule has 26 heavy (non-hydrogen) atoms. The Morgan fingerprint density at radius 1 is 1.15 bits per heavy atom. The SMILES string of the molecule is Cc1ncc(-c2cccc(NC(=O)/C=C/c3cc(F)cc(F)c3)c2)n1C. The van der Waals surface area contributed by atoms with Gasteiger partial charge in [0.1, 0.15) is 17.5 Å². The van der Waals surface area contributed by atoms with E-state index < -0.39 is 17.5 Å². The average molecular weight is 353 g/mol. The van der Waals surface area contributed by atoms with E-state index in [1.807, 2.05) is 36.7 Å².